The van der Waals surface area contributed by atoms with Crippen molar-refractivity contribution in [2.75, 3.05) is 0 Å². The number of hydrogen-bond acceptors (Lipinski definition) is 2. The van der Waals surface area contributed by atoms with Crippen molar-refractivity contribution in [3.05, 3.63) is 62.8 Å². The van der Waals surface area contributed by atoms with Gasteiger partial charge in [0.05, 0.1) is 0 Å². The molecular formula is C14H14Br2N2. The van der Waals surface area contributed by atoms with Crippen LogP contribution in [0, 0.1) is 0 Å². The molecule has 0 aliphatic heterocycles. The molecule has 0 amide bonds. The van der Waals surface area contributed by atoms with Crippen LogP contribution >= 0.6 is 31.9 Å². The van der Waals surface area contributed by atoms with Gasteiger partial charge in [0, 0.05) is 27.4 Å². The molecule has 1 unspecified atom stereocenters. The van der Waals surface area contributed by atoms with Crippen molar-refractivity contribution in [2.45, 2.75) is 18.9 Å². The van der Waals surface area contributed by atoms with Crippen molar-refractivity contribution in [1.82, 2.24) is 4.98 Å². The predicted molar refractivity (Wildman–Crippen MR) is 81.5 cm³/mol. The van der Waals surface area contributed by atoms with Gasteiger partial charge in [0.1, 0.15) is 0 Å². The fourth-order valence-corrected chi connectivity index (χ4v) is 2.77. The largest absolute Gasteiger partial charge is 0.327 e. The van der Waals surface area contributed by atoms with E-state index < -0.39 is 0 Å². The van der Waals surface area contributed by atoms with E-state index in [9.17, 15) is 0 Å². The van der Waals surface area contributed by atoms with E-state index in [1.807, 2.05) is 18.3 Å². The molecule has 0 aliphatic carbocycles. The summed E-state index contributed by atoms with van der Waals surface area (Å²) in [4.78, 5) is 4.15. The summed E-state index contributed by atoms with van der Waals surface area (Å²) in [5.74, 6) is 0. The number of hydrogen-bond donors (Lipinski definition) is 1. The first-order valence-electron chi connectivity index (χ1n) is 5.73. The predicted octanol–water partition coefficient (Wildman–Crippen LogP) is 3.72. The number of nitrogens with zero attached hydrogens (tertiary/aromatic N) is 1. The molecule has 2 N–H and O–H groups in total. The summed E-state index contributed by atoms with van der Waals surface area (Å²) in [5.41, 5.74) is 8.59. The third-order valence-corrected chi connectivity index (χ3v) is 3.57. The Labute approximate surface area is 124 Å². The summed E-state index contributed by atoms with van der Waals surface area (Å²) < 4.78 is 2.09. The quantitative estimate of drug-likeness (QED) is 0.891. The van der Waals surface area contributed by atoms with Crippen LogP contribution < -0.4 is 5.73 Å². The standard InChI is InChI=1S/C14H14Br2N2/c15-12-3-1-2-10(4-12)6-14(17)7-11-5-13(16)9-18-8-11/h1-5,8-9,14H,6-7,17H2. The van der Waals surface area contributed by atoms with Crippen LogP contribution in [0.3, 0.4) is 0 Å². The first kappa shape index (κ1) is 13.7. The van der Waals surface area contributed by atoms with Gasteiger partial charge in [-0.05, 0) is 58.1 Å². The lowest BCUT2D eigenvalue weighted by atomic mass is 10.0. The van der Waals surface area contributed by atoms with Gasteiger partial charge in [0.25, 0.3) is 0 Å². The lowest BCUT2D eigenvalue weighted by Crippen LogP contribution is -2.25. The highest BCUT2D eigenvalue weighted by molar-refractivity contribution is 9.10. The zero-order valence-electron chi connectivity index (χ0n) is 9.81. The average Bonchev–Trinajstić information content (AvgIpc) is 2.28. The molecule has 1 heterocycles. The van der Waals surface area contributed by atoms with Crippen molar-refractivity contribution < 1.29 is 0 Å². The van der Waals surface area contributed by atoms with Crippen LogP contribution in [0.1, 0.15) is 11.1 Å². The van der Waals surface area contributed by atoms with Crippen LogP contribution in [0.25, 0.3) is 0 Å². The molecule has 18 heavy (non-hydrogen) atoms. The van der Waals surface area contributed by atoms with Gasteiger partial charge < -0.3 is 5.73 Å². The van der Waals surface area contributed by atoms with Crippen LogP contribution in [0.4, 0.5) is 0 Å². The fourth-order valence-electron chi connectivity index (χ4n) is 1.91. The number of aromatic nitrogens is 1. The molecule has 1 atom stereocenters. The Bertz CT molecular complexity index is 481. The minimum Gasteiger partial charge on any atom is -0.327 e. The highest BCUT2D eigenvalue weighted by Gasteiger charge is 2.06. The highest BCUT2D eigenvalue weighted by atomic mass is 79.9. The molecule has 0 spiro atoms. The van der Waals surface area contributed by atoms with E-state index in [1.165, 1.54) is 5.56 Å². The Balaban J connectivity index is 1.98. The van der Waals surface area contributed by atoms with Crippen LogP contribution in [0.15, 0.2) is 51.7 Å². The molecule has 0 aliphatic rings. The van der Waals surface area contributed by atoms with E-state index in [4.69, 9.17) is 5.73 Å². The maximum atomic E-state index is 6.18. The Morgan fingerprint density at radius 2 is 1.72 bits per heavy atom. The number of halogens is 2. The van der Waals surface area contributed by atoms with Crippen molar-refractivity contribution in [2.24, 2.45) is 5.73 Å². The third-order valence-electron chi connectivity index (χ3n) is 2.65. The zero-order valence-corrected chi connectivity index (χ0v) is 13.0. The van der Waals surface area contributed by atoms with E-state index >= 15 is 0 Å². The molecule has 2 rings (SSSR count). The molecule has 0 fully saturated rings. The number of rotatable bonds is 4. The lowest BCUT2D eigenvalue weighted by molar-refractivity contribution is 0.663. The maximum Gasteiger partial charge on any atom is 0.0410 e. The van der Waals surface area contributed by atoms with Crippen molar-refractivity contribution in [3.63, 3.8) is 0 Å². The molecule has 1 aromatic heterocycles. The van der Waals surface area contributed by atoms with E-state index in [-0.39, 0.29) is 6.04 Å². The molecular weight excluding hydrogens is 356 g/mol. The van der Waals surface area contributed by atoms with Crippen LogP contribution in [0.5, 0.6) is 0 Å². The van der Waals surface area contributed by atoms with Gasteiger partial charge >= 0.3 is 0 Å². The highest BCUT2D eigenvalue weighted by Crippen LogP contribution is 2.15. The van der Waals surface area contributed by atoms with E-state index in [2.05, 4.69) is 55.0 Å². The second-order valence-electron chi connectivity index (χ2n) is 4.31. The van der Waals surface area contributed by atoms with Crippen LogP contribution in [-0.4, -0.2) is 11.0 Å². The lowest BCUT2D eigenvalue weighted by Gasteiger charge is -2.12. The van der Waals surface area contributed by atoms with Gasteiger partial charge in [-0.25, -0.2) is 0 Å². The first-order chi connectivity index (χ1) is 8.63. The van der Waals surface area contributed by atoms with Gasteiger partial charge in [0.15, 0.2) is 0 Å². The van der Waals surface area contributed by atoms with Crippen molar-refractivity contribution >= 4 is 31.9 Å². The second kappa shape index (κ2) is 6.45. The molecule has 2 aromatic rings. The minimum absolute atomic E-state index is 0.107. The Morgan fingerprint density at radius 3 is 2.44 bits per heavy atom. The molecule has 2 nitrogen and oxygen atoms in total. The SMILES string of the molecule is NC(Cc1cccc(Br)c1)Cc1cncc(Br)c1. The van der Waals surface area contributed by atoms with Gasteiger partial charge in [0.2, 0.25) is 0 Å². The number of benzene rings is 1. The minimum atomic E-state index is 0.107. The average molecular weight is 370 g/mol. The van der Waals surface area contributed by atoms with Gasteiger partial charge in [-0.15, -0.1) is 0 Å². The summed E-state index contributed by atoms with van der Waals surface area (Å²) in [6.45, 7) is 0. The normalized spacial score (nSPS) is 12.4. The molecule has 94 valence electrons. The van der Waals surface area contributed by atoms with E-state index in [0.29, 0.717) is 0 Å². The molecule has 0 saturated heterocycles. The molecule has 0 bridgehead atoms. The summed E-state index contributed by atoms with van der Waals surface area (Å²) >= 11 is 6.89. The van der Waals surface area contributed by atoms with Crippen molar-refractivity contribution in [3.8, 4) is 0 Å². The summed E-state index contributed by atoms with van der Waals surface area (Å²) in [6, 6.07) is 10.4. The van der Waals surface area contributed by atoms with E-state index in [0.717, 1.165) is 27.4 Å². The topological polar surface area (TPSA) is 38.9 Å². The zero-order chi connectivity index (χ0) is 13.0. The second-order valence-corrected chi connectivity index (χ2v) is 6.14. The van der Waals surface area contributed by atoms with Gasteiger partial charge in [-0.3, -0.25) is 4.98 Å². The Hall–Kier alpha value is -0.710. The maximum absolute atomic E-state index is 6.18. The van der Waals surface area contributed by atoms with Crippen molar-refractivity contribution in [1.29, 1.82) is 0 Å². The fraction of sp³-hybridized carbons (Fsp3) is 0.214. The Morgan fingerprint density at radius 1 is 1.00 bits per heavy atom. The molecule has 1 aromatic carbocycles. The number of pyridine rings is 1. The number of nitrogens with two attached hydrogens (primary N) is 1. The molecule has 0 radical (unpaired) electrons. The smallest absolute Gasteiger partial charge is 0.0410 e. The van der Waals surface area contributed by atoms with Gasteiger partial charge in [-0.1, -0.05) is 28.1 Å². The molecule has 0 saturated carbocycles. The van der Waals surface area contributed by atoms with E-state index in [1.54, 1.807) is 6.20 Å². The van der Waals surface area contributed by atoms with Gasteiger partial charge in [-0.2, -0.15) is 0 Å². The van der Waals surface area contributed by atoms with Crippen LogP contribution in [-0.2, 0) is 12.8 Å². The van der Waals surface area contributed by atoms with Crippen LogP contribution in [0.2, 0.25) is 0 Å². The summed E-state index contributed by atoms with van der Waals surface area (Å²) in [6.07, 6.45) is 5.35. The monoisotopic (exact) mass is 368 g/mol. The first-order valence-corrected chi connectivity index (χ1v) is 7.31. The Kier molecular flexibility index (Phi) is 4.92. The molecule has 4 heteroatoms. The summed E-state index contributed by atoms with van der Waals surface area (Å²) in [7, 11) is 0. The third kappa shape index (κ3) is 4.19. The summed E-state index contributed by atoms with van der Waals surface area (Å²) in [5, 5.41) is 0.